The van der Waals surface area contributed by atoms with Crippen LogP contribution in [0.25, 0.3) is 10.6 Å². The van der Waals surface area contributed by atoms with Crippen molar-refractivity contribution in [3.05, 3.63) is 70.5 Å². The minimum atomic E-state index is -1.94. The van der Waals surface area contributed by atoms with Crippen molar-refractivity contribution in [2.24, 2.45) is 0 Å². The molecule has 3 aromatic rings. The third-order valence-corrected chi connectivity index (χ3v) is 6.79. The summed E-state index contributed by atoms with van der Waals surface area (Å²) in [5.41, 5.74) is -1.43. The maximum Gasteiger partial charge on any atom is 0.186 e. The molecule has 0 aliphatic carbocycles. The van der Waals surface area contributed by atoms with Gasteiger partial charge in [0, 0.05) is 24.2 Å². The molecule has 4 rings (SSSR count). The lowest BCUT2D eigenvalue weighted by molar-refractivity contribution is -0.245. The summed E-state index contributed by atoms with van der Waals surface area (Å²) in [6, 6.07) is 4.93. The van der Waals surface area contributed by atoms with Crippen molar-refractivity contribution in [2.75, 3.05) is 0 Å². The number of aliphatic hydroxyl groups is 2. The summed E-state index contributed by atoms with van der Waals surface area (Å²) < 4.78 is 48.8. The molecular weight excluding hydrogens is 457 g/mol. The predicted molar refractivity (Wildman–Crippen MR) is 115 cm³/mol. The van der Waals surface area contributed by atoms with E-state index in [0.29, 0.717) is 11.1 Å². The number of nitrogens with zero attached hydrogens (tertiary/aromatic N) is 2. The average molecular weight is 478 g/mol. The number of alkyl halides is 1. The van der Waals surface area contributed by atoms with Gasteiger partial charge in [-0.2, -0.15) is 0 Å². The number of benzene rings is 1. The van der Waals surface area contributed by atoms with Crippen molar-refractivity contribution in [3.8, 4) is 10.6 Å². The van der Waals surface area contributed by atoms with Crippen molar-refractivity contribution in [1.82, 2.24) is 9.97 Å². The highest BCUT2D eigenvalue weighted by Crippen LogP contribution is 2.40. The molecule has 0 spiro atoms. The molecule has 6 nitrogen and oxygen atoms in total. The first-order valence-electron chi connectivity index (χ1n) is 10.2. The standard InChI is InChI=1S/C23H21F3N2O4S/c1-11-23(2,31)21(30)19(26)20(32-11)13-6-7-27-9-12(13)8-17(29)16-10-33-22(28-16)18-14(24)4-3-5-15(18)25/h3-7,9-11,19-21,30-31H,8H2,1-2H3/t11-,19+,20+,21-,23-/m0/s1. The van der Waals surface area contributed by atoms with Gasteiger partial charge in [0.25, 0.3) is 0 Å². The van der Waals surface area contributed by atoms with Gasteiger partial charge in [0.15, 0.2) is 12.0 Å². The second kappa shape index (κ2) is 8.94. The zero-order chi connectivity index (χ0) is 23.9. The van der Waals surface area contributed by atoms with Crippen LogP contribution < -0.4 is 0 Å². The highest BCUT2D eigenvalue weighted by molar-refractivity contribution is 7.13. The van der Waals surface area contributed by atoms with Crippen LogP contribution in [0.4, 0.5) is 13.2 Å². The molecular formula is C23H21F3N2O4S. The van der Waals surface area contributed by atoms with E-state index in [9.17, 15) is 28.2 Å². The van der Waals surface area contributed by atoms with Crippen LogP contribution in [-0.2, 0) is 11.2 Å². The Morgan fingerprint density at radius 1 is 1.27 bits per heavy atom. The molecule has 0 saturated carbocycles. The van der Waals surface area contributed by atoms with Gasteiger partial charge in [-0.25, -0.2) is 18.2 Å². The molecule has 1 aliphatic heterocycles. The fourth-order valence-corrected chi connectivity index (χ4v) is 4.62. The monoisotopic (exact) mass is 478 g/mol. The summed E-state index contributed by atoms with van der Waals surface area (Å²) in [5.74, 6) is -2.04. The molecule has 174 valence electrons. The van der Waals surface area contributed by atoms with E-state index < -0.39 is 47.5 Å². The Bertz CT molecular complexity index is 1170. The van der Waals surface area contributed by atoms with Gasteiger partial charge in [-0.05, 0) is 43.2 Å². The summed E-state index contributed by atoms with van der Waals surface area (Å²) in [6.07, 6.45) is -3.17. The summed E-state index contributed by atoms with van der Waals surface area (Å²) >= 11 is 0.930. The normalized spacial score (nSPS) is 27.5. The number of carbonyl (C=O) groups excluding carboxylic acids is 1. The number of rotatable bonds is 5. The third kappa shape index (κ3) is 4.31. The molecule has 0 amide bonds. The van der Waals surface area contributed by atoms with Crippen molar-refractivity contribution >= 4 is 17.1 Å². The van der Waals surface area contributed by atoms with E-state index in [1.807, 2.05) is 0 Å². The Kier molecular flexibility index (Phi) is 6.37. The van der Waals surface area contributed by atoms with Gasteiger partial charge in [0.2, 0.25) is 0 Å². The number of ether oxygens (including phenoxy) is 1. The Morgan fingerprint density at radius 2 is 1.97 bits per heavy atom. The average Bonchev–Trinajstić information content (AvgIpc) is 3.25. The van der Waals surface area contributed by atoms with Gasteiger partial charge >= 0.3 is 0 Å². The van der Waals surface area contributed by atoms with Gasteiger partial charge in [-0.3, -0.25) is 9.78 Å². The number of thiazole rings is 1. The molecule has 10 heteroatoms. The van der Waals surface area contributed by atoms with E-state index in [-0.39, 0.29) is 22.7 Å². The van der Waals surface area contributed by atoms with Gasteiger partial charge in [0.05, 0.1) is 11.7 Å². The first kappa shape index (κ1) is 23.5. The number of ketones is 1. The number of aromatic nitrogens is 2. The molecule has 2 N–H and O–H groups in total. The maximum atomic E-state index is 15.0. The van der Waals surface area contributed by atoms with Crippen molar-refractivity contribution in [3.63, 3.8) is 0 Å². The molecule has 5 atom stereocenters. The number of halogens is 3. The number of hydrogen-bond acceptors (Lipinski definition) is 7. The third-order valence-electron chi connectivity index (χ3n) is 5.93. The maximum absolute atomic E-state index is 15.0. The zero-order valence-electron chi connectivity index (χ0n) is 17.7. The van der Waals surface area contributed by atoms with Gasteiger partial charge in [-0.1, -0.05) is 6.07 Å². The van der Waals surface area contributed by atoms with E-state index in [4.69, 9.17) is 4.74 Å². The number of pyridine rings is 1. The van der Waals surface area contributed by atoms with E-state index in [2.05, 4.69) is 9.97 Å². The fourth-order valence-electron chi connectivity index (χ4n) is 3.75. The molecule has 2 aromatic heterocycles. The van der Waals surface area contributed by atoms with Crippen LogP contribution in [-0.4, -0.2) is 49.9 Å². The van der Waals surface area contributed by atoms with Crippen molar-refractivity contribution in [2.45, 2.75) is 50.4 Å². The lowest BCUT2D eigenvalue weighted by atomic mass is 9.82. The topological polar surface area (TPSA) is 92.5 Å². The predicted octanol–water partition coefficient (Wildman–Crippen LogP) is 3.82. The number of carbonyl (C=O) groups is 1. The minimum absolute atomic E-state index is 0.00477. The van der Waals surface area contributed by atoms with Crippen LogP contribution in [0.5, 0.6) is 0 Å². The van der Waals surface area contributed by atoms with Crippen LogP contribution in [0.2, 0.25) is 0 Å². The van der Waals surface area contributed by atoms with Crippen LogP contribution in [0.15, 0.2) is 42.0 Å². The first-order chi connectivity index (χ1) is 15.6. The fraction of sp³-hybridized carbons (Fsp3) is 0.348. The molecule has 1 saturated heterocycles. The van der Waals surface area contributed by atoms with Crippen LogP contribution in [0, 0.1) is 11.6 Å². The smallest absolute Gasteiger partial charge is 0.186 e. The Hall–Kier alpha value is -2.66. The van der Waals surface area contributed by atoms with Crippen LogP contribution >= 0.6 is 11.3 Å². The summed E-state index contributed by atoms with van der Waals surface area (Å²) in [5, 5.41) is 22.0. The second-order valence-corrected chi connectivity index (χ2v) is 8.98. The lowest BCUT2D eigenvalue weighted by Gasteiger charge is -2.45. The molecule has 33 heavy (non-hydrogen) atoms. The van der Waals surface area contributed by atoms with E-state index >= 15 is 0 Å². The Balaban J connectivity index is 1.59. The first-order valence-corrected chi connectivity index (χ1v) is 11.0. The minimum Gasteiger partial charge on any atom is -0.387 e. The van der Waals surface area contributed by atoms with E-state index in [0.717, 1.165) is 23.5 Å². The second-order valence-electron chi connectivity index (χ2n) is 8.12. The molecule has 0 bridgehead atoms. The number of Topliss-reactive ketones (excluding diaryl/α,β-unsaturated/α-hetero) is 1. The van der Waals surface area contributed by atoms with Gasteiger partial charge in [0.1, 0.15) is 40.1 Å². The molecule has 1 aromatic carbocycles. The molecule has 0 unspecified atom stereocenters. The lowest BCUT2D eigenvalue weighted by Crippen LogP contribution is -2.59. The SMILES string of the molecule is C[C@@H]1O[C@H](c2ccncc2CC(=O)c2csc(-c3c(F)cccc3F)n2)[C@@H](F)[C@H](O)[C@@]1(C)O. The van der Waals surface area contributed by atoms with E-state index in [1.54, 1.807) is 0 Å². The summed E-state index contributed by atoms with van der Waals surface area (Å²) in [7, 11) is 0. The summed E-state index contributed by atoms with van der Waals surface area (Å²) in [4.78, 5) is 21.0. The Morgan fingerprint density at radius 3 is 2.67 bits per heavy atom. The molecule has 1 aliphatic rings. The largest absolute Gasteiger partial charge is 0.387 e. The van der Waals surface area contributed by atoms with Crippen LogP contribution in [0.1, 0.15) is 41.6 Å². The Labute approximate surface area is 191 Å². The van der Waals surface area contributed by atoms with Crippen molar-refractivity contribution in [1.29, 1.82) is 0 Å². The van der Waals surface area contributed by atoms with Crippen LogP contribution in [0.3, 0.4) is 0 Å². The van der Waals surface area contributed by atoms with Crippen molar-refractivity contribution < 1.29 is 32.9 Å². The molecule has 3 heterocycles. The van der Waals surface area contributed by atoms with E-state index in [1.165, 1.54) is 43.8 Å². The summed E-state index contributed by atoms with van der Waals surface area (Å²) in [6.45, 7) is 2.81. The molecule has 1 fully saturated rings. The number of aliphatic hydroxyl groups excluding tert-OH is 1. The molecule has 0 radical (unpaired) electrons. The van der Waals surface area contributed by atoms with Gasteiger partial charge in [-0.15, -0.1) is 11.3 Å². The number of hydrogen-bond donors (Lipinski definition) is 2. The highest BCUT2D eigenvalue weighted by Gasteiger charge is 2.51. The highest BCUT2D eigenvalue weighted by atomic mass is 32.1. The van der Waals surface area contributed by atoms with Gasteiger partial charge < -0.3 is 14.9 Å². The zero-order valence-corrected chi connectivity index (χ0v) is 18.5. The quantitative estimate of drug-likeness (QED) is 0.542.